The second-order valence-electron chi connectivity index (χ2n) is 6.60. The summed E-state index contributed by atoms with van der Waals surface area (Å²) in [7, 11) is 0. The van der Waals surface area contributed by atoms with Crippen LogP contribution in [0.4, 0.5) is 0 Å². The summed E-state index contributed by atoms with van der Waals surface area (Å²) in [5.41, 5.74) is 5.27. The molecule has 0 amide bonds. The molecule has 2 nitrogen and oxygen atoms in total. The summed E-state index contributed by atoms with van der Waals surface area (Å²) in [5.74, 6) is 0. The van der Waals surface area contributed by atoms with E-state index < -0.39 is 0 Å². The number of allylic oxidation sites excluding steroid dienone is 1. The lowest BCUT2D eigenvalue weighted by Crippen LogP contribution is -2.49. The van der Waals surface area contributed by atoms with Gasteiger partial charge in [-0.2, -0.15) is 0 Å². The average Bonchev–Trinajstić information content (AvgIpc) is 2.53. The third-order valence-electron chi connectivity index (χ3n) is 4.85. The number of aryl methyl sites for hydroxylation is 2. The molecular formula is C20H30N2. The summed E-state index contributed by atoms with van der Waals surface area (Å²) in [6.07, 6.45) is 2.14. The molecule has 0 aromatic heterocycles. The molecule has 2 heteroatoms. The smallest absolute Gasteiger partial charge is 0.0303 e. The minimum Gasteiger partial charge on any atom is -0.373 e. The van der Waals surface area contributed by atoms with Crippen LogP contribution < -0.4 is 0 Å². The molecule has 1 aliphatic heterocycles. The van der Waals surface area contributed by atoms with Gasteiger partial charge in [-0.05, 0) is 39.2 Å². The number of hydrogen-bond donors (Lipinski definition) is 0. The first-order valence-corrected chi connectivity index (χ1v) is 8.35. The van der Waals surface area contributed by atoms with Crippen LogP contribution >= 0.6 is 0 Å². The Hall–Kier alpha value is -1.54. The molecule has 0 radical (unpaired) electrons. The fraction of sp³-hybridized carbons (Fsp3) is 0.500. The minimum absolute atomic E-state index is 0.489. The van der Waals surface area contributed by atoms with E-state index in [2.05, 4.69) is 68.0 Å². The van der Waals surface area contributed by atoms with E-state index in [-0.39, 0.29) is 0 Å². The maximum absolute atomic E-state index is 4.31. The number of hydrogen-bond acceptors (Lipinski definition) is 2. The molecule has 1 fully saturated rings. The SMILES string of the molecule is C=C(C)C(C)N1CCN(C(=C)CCc2ccc(C)cc2)CC1. The van der Waals surface area contributed by atoms with Crippen molar-refractivity contribution in [2.45, 2.75) is 39.7 Å². The van der Waals surface area contributed by atoms with E-state index in [1.165, 1.54) is 22.4 Å². The average molecular weight is 298 g/mol. The molecule has 0 saturated carbocycles. The minimum atomic E-state index is 0.489. The molecule has 0 spiro atoms. The van der Waals surface area contributed by atoms with Gasteiger partial charge in [-0.1, -0.05) is 48.6 Å². The van der Waals surface area contributed by atoms with Crippen molar-refractivity contribution in [3.05, 3.63) is 59.8 Å². The molecule has 1 aromatic rings. The Morgan fingerprint density at radius 1 is 1.09 bits per heavy atom. The summed E-state index contributed by atoms with van der Waals surface area (Å²) < 4.78 is 0. The molecule has 1 aliphatic rings. The second kappa shape index (κ2) is 7.64. The molecule has 120 valence electrons. The fourth-order valence-electron chi connectivity index (χ4n) is 2.94. The zero-order valence-corrected chi connectivity index (χ0v) is 14.4. The van der Waals surface area contributed by atoms with Crippen LogP contribution in [0.1, 0.15) is 31.4 Å². The maximum Gasteiger partial charge on any atom is 0.0303 e. The Balaban J connectivity index is 1.77. The third kappa shape index (κ3) is 4.48. The van der Waals surface area contributed by atoms with Gasteiger partial charge >= 0.3 is 0 Å². The molecular weight excluding hydrogens is 268 g/mol. The van der Waals surface area contributed by atoms with E-state index in [0.29, 0.717) is 6.04 Å². The summed E-state index contributed by atoms with van der Waals surface area (Å²) >= 11 is 0. The molecule has 1 atom stereocenters. The number of piperazine rings is 1. The lowest BCUT2D eigenvalue weighted by Gasteiger charge is -2.40. The van der Waals surface area contributed by atoms with Gasteiger partial charge < -0.3 is 4.90 Å². The summed E-state index contributed by atoms with van der Waals surface area (Å²) in [6, 6.07) is 9.33. The molecule has 1 saturated heterocycles. The first-order chi connectivity index (χ1) is 10.5. The van der Waals surface area contributed by atoms with Gasteiger partial charge in [0.1, 0.15) is 0 Å². The van der Waals surface area contributed by atoms with Gasteiger partial charge in [-0.15, -0.1) is 0 Å². The van der Waals surface area contributed by atoms with E-state index in [0.717, 1.165) is 39.0 Å². The predicted molar refractivity (Wildman–Crippen MR) is 96.1 cm³/mol. The second-order valence-corrected chi connectivity index (χ2v) is 6.60. The van der Waals surface area contributed by atoms with Crippen LogP contribution in [0.3, 0.4) is 0 Å². The van der Waals surface area contributed by atoms with Gasteiger partial charge in [0, 0.05) is 37.9 Å². The van der Waals surface area contributed by atoms with E-state index in [1.807, 2.05) is 0 Å². The Kier molecular flexibility index (Phi) is 5.84. The molecule has 0 bridgehead atoms. The van der Waals surface area contributed by atoms with Crippen molar-refractivity contribution in [1.82, 2.24) is 9.80 Å². The van der Waals surface area contributed by atoms with Gasteiger partial charge in [0.05, 0.1) is 0 Å². The highest BCUT2D eigenvalue weighted by molar-refractivity contribution is 5.22. The fourth-order valence-corrected chi connectivity index (χ4v) is 2.94. The molecule has 1 unspecified atom stereocenters. The van der Waals surface area contributed by atoms with Gasteiger partial charge in [0.15, 0.2) is 0 Å². The van der Waals surface area contributed by atoms with Gasteiger partial charge in [-0.3, -0.25) is 4.90 Å². The summed E-state index contributed by atoms with van der Waals surface area (Å²) in [6.45, 7) is 19.3. The quantitative estimate of drug-likeness (QED) is 0.732. The largest absolute Gasteiger partial charge is 0.373 e. The van der Waals surface area contributed by atoms with Crippen molar-refractivity contribution in [2.24, 2.45) is 0 Å². The molecule has 2 rings (SSSR count). The van der Waals surface area contributed by atoms with Crippen LogP contribution in [0, 0.1) is 6.92 Å². The highest BCUT2D eigenvalue weighted by Crippen LogP contribution is 2.17. The predicted octanol–water partition coefficient (Wildman–Crippen LogP) is 4.02. The van der Waals surface area contributed by atoms with Crippen LogP contribution in [0.25, 0.3) is 0 Å². The van der Waals surface area contributed by atoms with Gasteiger partial charge in [-0.25, -0.2) is 0 Å². The standard InChI is InChI=1S/C20H30N2/c1-16(2)19(5)22-14-12-21(13-15-22)18(4)8-11-20-9-6-17(3)7-10-20/h6-7,9-10,19H,1,4,8,11-15H2,2-3,5H3. The number of benzene rings is 1. The highest BCUT2D eigenvalue weighted by atomic mass is 15.3. The lowest BCUT2D eigenvalue weighted by atomic mass is 10.1. The molecule has 0 N–H and O–H groups in total. The lowest BCUT2D eigenvalue weighted by molar-refractivity contribution is 0.134. The van der Waals surface area contributed by atoms with Crippen molar-refractivity contribution >= 4 is 0 Å². The normalized spacial score (nSPS) is 17.3. The van der Waals surface area contributed by atoms with Gasteiger partial charge in [0.25, 0.3) is 0 Å². The number of nitrogens with zero attached hydrogens (tertiary/aromatic N) is 2. The first-order valence-electron chi connectivity index (χ1n) is 8.35. The zero-order valence-electron chi connectivity index (χ0n) is 14.4. The van der Waals surface area contributed by atoms with E-state index in [9.17, 15) is 0 Å². The van der Waals surface area contributed by atoms with Crippen LogP contribution in [0.15, 0.2) is 48.7 Å². The van der Waals surface area contributed by atoms with Crippen LogP contribution in [-0.2, 0) is 6.42 Å². The van der Waals surface area contributed by atoms with Crippen LogP contribution in [0.2, 0.25) is 0 Å². The summed E-state index contributed by atoms with van der Waals surface area (Å²) in [4.78, 5) is 4.97. The zero-order chi connectivity index (χ0) is 16.1. The van der Waals surface area contributed by atoms with Crippen molar-refractivity contribution in [1.29, 1.82) is 0 Å². The molecule has 22 heavy (non-hydrogen) atoms. The van der Waals surface area contributed by atoms with E-state index in [4.69, 9.17) is 0 Å². The van der Waals surface area contributed by atoms with Crippen LogP contribution in [-0.4, -0.2) is 42.0 Å². The highest BCUT2D eigenvalue weighted by Gasteiger charge is 2.21. The Morgan fingerprint density at radius 3 is 2.23 bits per heavy atom. The Morgan fingerprint density at radius 2 is 1.68 bits per heavy atom. The van der Waals surface area contributed by atoms with Crippen molar-refractivity contribution in [3.8, 4) is 0 Å². The Bertz CT molecular complexity index is 507. The third-order valence-corrected chi connectivity index (χ3v) is 4.85. The van der Waals surface area contributed by atoms with E-state index in [1.54, 1.807) is 0 Å². The Labute approximate surface area is 136 Å². The van der Waals surface area contributed by atoms with Gasteiger partial charge in [0.2, 0.25) is 0 Å². The van der Waals surface area contributed by atoms with E-state index >= 15 is 0 Å². The first kappa shape index (κ1) is 16.8. The number of rotatable bonds is 6. The van der Waals surface area contributed by atoms with Crippen molar-refractivity contribution in [2.75, 3.05) is 26.2 Å². The maximum atomic E-state index is 4.31. The topological polar surface area (TPSA) is 6.48 Å². The molecule has 0 aliphatic carbocycles. The molecule has 1 aromatic carbocycles. The van der Waals surface area contributed by atoms with Crippen molar-refractivity contribution < 1.29 is 0 Å². The van der Waals surface area contributed by atoms with Crippen molar-refractivity contribution in [3.63, 3.8) is 0 Å². The van der Waals surface area contributed by atoms with Crippen LogP contribution in [0.5, 0.6) is 0 Å². The molecule has 1 heterocycles. The monoisotopic (exact) mass is 298 g/mol. The summed E-state index contributed by atoms with van der Waals surface area (Å²) in [5, 5.41) is 0.